The van der Waals surface area contributed by atoms with E-state index in [1.807, 2.05) is 6.92 Å². The van der Waals surface area contributed by atoms with E-state index in [0.717, 1.165) is 25.7 Å². The molecule has 5 fully saturated rings. The Balaban J connectivity index is 1.41. The summed E-state index contributed by atoms with van der Waals surface area (Å²) in [5.41, 5.74) is 9.00. The first-order valence-electron chi connectivity index (χ1n) is 14.3. The Bertz CT molecular complexity index is 988. The molecule has 0 heterocycles. The molecule has 5 rings (SSSR count). The molecule has 5 aliphatic carbocycles. The van der Waals surface area contributed by atoms with Gasteiger partial charge in [-0.1, -0.05) is 0 Å². The molecule has 0 aliphatic heterocycles. The molecule has 0 radical (unpaired) electrons. The number of carbonyl (C=O) groups is 4. The number of fused-ring (bicyclic) bond motifs is 3. The van der Waals surface area contributed by atoms with Gasteiger partial charge in [0.2, 0.25) is 5.91 Å². The average molecular weight is 535 g/mol. The molecule has 5 aliphatic rings. The largest absolute Gasteiger partial charge is 0.392 e. The van der Waals surface area contributed by atoms with E-state index in [1.165, 1.54) is 0 Å². The van der Waals surface area contributed by atoms with E-state index in [-0.39, 0.29) is 48.4 Å². The Labute approximate surface area is 222 Å². The molecule has 7 N–H and O–H groups in total. The van der Waals surface area contributed by atoms with Crippen molar-refractivity contribution in [1.82, 2.24) is 0 Å². The monoisotopic (exact) mass is 534 g/mol. The van der Waals surface area contributed by atoms with Crippen molar-refractivity contribution < 1.29 is 39.2 Å². The third-order valence-electron chi connectivity index (χ3n) is 10.9. The first kappa shape index (κ1) is 27.8. The third kappa shape index (κ3) is 4.18. The van der Waals surface area contributed by atoms with Gasteiger partial charge >= 0.3 is 0 Å². The fraction of sp³-hybridized carbons (Fsp3) is 0.857. The topological polar surface area (TPSA) is 190 Å². The number of Topliss-reactive ketones (excluding diaryl/α,β-unsaturated/α-hetero) is 3. The van der Waals surface area contributed by atoms with Gasteiger partial charge in [0, 0.05) is 24.9 Å². The number of aliphatic hydroxyl groups excluding tert-OH is 2. The van der Waals surface area contributed by atoms with Gasteiger partial charge in [-0.05, 0) is 88.0 Å². The summed E-state index contributed by atoms with van der Waals surface area (Å²) < 4.78 is 5.94. The zero-order chi connectivity index (χ0) is 27.5. The maximum absolute atomic E-state index is 14.0. The molecule has 212 valence electrons. The highest BCUT2D eigenvalue weighted by Crippen LogP contribution is 2.57. The van der Waals surface area contributed by atoms with Gasteiger partial charge < -0.3 is 31.5 Å². The Morgan fingerprint density at radius 3 is 2.39 bits per heavy atom. The lowest BCUT2D eigenvalue weighted by atomic mass is 9.48. The molecule has 0 bridgehead atoms. The molecule has 10 unspecified atom stereocenters. The number of aliphatic hydroxyl groups is 3. The zero-order valence-electron chi connectivity index (χ0n) is 22.0. The molecule has 10 nitrogen and oxygen atoms in total. The molecule has 0 aromatic rings. The van der Waals surface area contributed by atoms with Gasteiger partial charge in [-0.2, -0.15) is 0 Å². The molecule has 1 amide bonds. The van der Waals surface area contributed by atoms with Crippen molar-refractivity contribution >= 4 is 23.3 Å². The third-order valence-corrected chi connectivity index (χ3v) is 10.9. The molecule has 38 heavy (non-hydrogen) atoms. The maximum atomic E-state index is 14.0. The Morgan fingerprint density at radius 1 is 1.00 bits per heavy atom. The van der Waals surface area contributed by atoms with Crippen molar-refractivity contribution in [2.24, 2.45) is 64.7 Å². The number of primary amides is 1. The highest BCUT2D eigenvalue weighted by atomic mass is 16.5. The predicted octanol–water partition coefficient (Wildman–Crippen LogP) is -0.270. The van der Waals surface area contributed by atoms with Crippen LogP contribution < -0.4 is 11.5 Å². The Hall–Kier alpha value is -1.72. The number of amides is 1. The number of nitrogens with two attached hydrogens (primary N) is 2. The van der Waals surface area contributed by atoms with Crippen LogP contribution in [0.4, 0.5) is 0 Å². The lowest BCUT2D eigenvalue weighted by molar-refractivity contribution is -0.209. The van der Waals surface area contributed by atoms with Crippen molar-refractivity contribution in [3.63, 3.8) is 0 Å². The summed E-state index contributed by atoms with van der Waals surface area (Å²) in [6.07, 6.45) is 2.17. The fourth-order valence-corrected chi connectivity index (χ4v) is 9.24. The first-order valence-corrected chi connectivity index (χ1v) is 14.3. The second-order valence-electron chi connectivity index (χ2n) is 12.6. The van der Waals surface area contributed by atoms with Gasteiger partial charge in [0.15, 0.2) is 23.1 Å². The van der Waals surface area contributed by atoms with E-state index in [0.29, 0.717) is 31.9 Å². The Kier molecular flexibility index (Phi) is 7.58. The van der Waals surface area contributed by atoms with E-state index in [2.05, 4.69) is 0 Å². The van der Waals surface area contributed by atoms with Gasteiger partial charge in [-0.3, -0.25) is 19.2 Å². The highest BCUT2D eigenvalue weighted by molar-refractivity contribution is 6.22. The number of ether oxygens (including phenoxy) is 1. The molecule has 0 saturated heterocycles. The molecular formula is C28H42N2O8. The van der Waals surface area contributed by atoms with Crippen LogP contribution in [0, 0.1) is 53.3 Å². The second-order valence-corrected chi connectivity index (χ2v) is 12.6. The van der Waals surface area contributed by atoms with Gasteiger partial charge in [-0.25, -0.2) is 0 Å². The number of ketones is 3. The van der Waals surface area contributed by atoms with Crippen LogP contribution in [0.15, 0.2) is 0 Å². The minimum absolute atomic E-state index is 0.0775. The molecule has 0 aromatic heterocycles. The number of hydrogen-bond acceptors (Lipinski definition) is 9. The van der Waals surface area contributed by atoms with Crippen LogP contribution >= 0.6 is 0 Å². The first-order chi connectivity index (χ1) is 18.0. The number of rotatable bonds is 5. The van der Waals surface area contributed by atoms with Crippen LogP contribution in [0.3, 0.4) is 0 Å². The molecule has 5 saturated carbocycles. The summed E-state index contributed by atoms with van der Waals surface area (Å²) in [7, 11) is 0. The number of carbonyl (C=O) groups excluding carboxylic acids is 4. The lowest BCUT2D eigenvalue weighted by Gasteiger charge is -2.57. The quantitative estimate of drug-likeness (QED) is 0.296. The molecule has 13 atom stereocenters. The number of hydrogen-bond donors (Lipinski definition) is 5. The van der Waals surface area contributed by atoms with E-state index >= 15 is 0 Å². The van der Waals surface area contributed by atoms with E-state index in [4.69, 9.17) is 16.2 Å². The van der Waals surface area contributed by atoms with E-state index in [9.17, 15) is 34.5 Å². The van der Waals surface area contributed by atoms with Crippen molar-refractivity contribution in [2.75, 3.05) is 13.2 Å². The highest BCUT2D eigenvalue weighted by Gasteiger charge is 2.67. The molecule has 0 aromatic carbocycles. The Morgan fingerprint density at radius 2 is 1.74 bits per heavy atom. The summed E-state index contributed by atoms with van der Waals surface area (Å²) >= 11 is 0. The van der Waals surface area contributed by atoms with Gasteiger partial charge in [0.1, 0.15) is 11.9 Å². The summed E-state index contributed by atoms with van der Waals surface area (Å²) in [4.78, 5) is 51.6. The summed E-state index contributed by atoms with van der Waals surface area (Å²) in [6.45, 7) is 3.16. The fourth-order valence-electron chi connectivity index (χ4n) is 9.24. The van der Waals surface area contributed by atoms with Gasteiger partial charge in [-0.15, -0.1) is 0 Å². The molecular weight excluding hydrogens is 492 g/mol. The van der Waals surface area contributed by atoms with Crippen molar-refractivity contribution in [3.8, 4) is 0 Å². The van der Waals surface area contributed by atoms with Crippen LogP contribution in [0.5, 0.6) is 0 Å². The normalized spacial score (nSPS) is 49.1. The average Bonchev–Trinajstić information content (AvgIpc) is 2.86. The minimum atomic E-state index is -2.39. The van der Waals surface area contributed by atoms with Gasteiger partial charge in [0.25, 0.3) is 0 Å². The summed E-state index contributed by atoms with van der Waals surface area (Å²) in [5.74, 6) is -7.23. The van der Waals surface area contributed by atoms with E-state index in [1.54, 1.807) is 0 Å². The van der Waals surface area contributed by atoms with Gasteiger partial charge in [0.05, 0.1) is 18.1 Å². The maximum Gasteiger partial charge on any atom is 0.235 e. The second kappa shape index (κ2) is 10.4. The van der Waals surface area contributed by atoms with Crippen LogP contribution in [0.1, 0.15) is 58.3 Å². The van der Waals surface area contributed by atoms with Crippen molar-refractivity contribution in [2.45, 2.75) is 82.2 Å². The predicted molar refractivity (Wildman–Crippen MR) is 134 cm³/mol. The van der Waals surface area contributed by atoms with Crippen LogP contribution in [-0.2, 0) is 23.9 Å². The van der Waals surface area contributed by atoms with Crippen molar-refractivity contribution in [1.29, 1.82) is 0 Å². The SMILES string of the molecule is CCOC1CCC(C2CCC(O)C3C(=O)C4C(O)[C@]5(O)C(=O)C(C(N)=O)C(=O)C[C@@H]5C[C@@H]4CC23)CC1CN. The smallest absolute Gasteiger partial charge is 0.235 e. The minimum Gasteiger partial charge on any atom is -0.392 e. The summed E-state index contributed by atoms with van der Waals surface area (Å²) in [6, 6.07) is 0. The van der Waals surface area contributed by atoms with Crippen LogP contribution in [0.2, 0.25) is 0 Å². The van der Waals surface area contributed by atoms with Crippen LogP contribution in [0.25, 0.3) is 0 Å². The molecule has 10 heteroatoms. The van der Waals surface area contributed by atoms with Crippen molar-refractivity contribution in [3.05, 3.63) is 0 Å². The standard InChI is InChI=1S/C28H42N2O8/c1-2-38-20-6-3-12(7-14(20)11-29)16-4-5-18(31)22-17(16)9-13-8-15-10-19(32)23(27(30)36)26(35)28(15,37)25(34)21(13)24(22)33/h12-18,20-23,25,31,34,37H,2-11,29H2,1H3,(H2,30,36)/t12?,13-,14?,15+,16?,17?,18?,20?,21?,22?,23?,25?,28+/m1/s1. The molecule has 0 spiro atoms. The van der Waals surface area contributed by atoms with Crippen LogP contribution in [-0.4, -0.2) is 75.6 Å². The van der Waals surface area contributed by atoms with E-state index < -0.39 is 59.0 Å². The lowest BCUT2D eigenvalue weighted by Crippen LogP contribution is -2.71. The summed E-state index contributed by atoms with van der Waals surface area (Å²) in [5, 5.41) is 33.8. The zero-order valence-corrected chi connectivity index (χ0v) is 22.0.